The van der Waals surface area contributed by atoms with Crippen molar-refractivity contribution < 1.29 is 0 Å². The van der Waals surface area contributed by atoms with Crippen molar-refractivity contribution in [2.24, 2.45) is 7.05 Å². The van der Waals surface area contributed by atoms with Gasteiger partial charge in [-0.1, -0.05) is 0 Å². The number of rotatable bonds is 2. The molecular formula is C10H16ClN3S. The van der Waals surface area contributed by atoms with E-state index in [2.05, 4.69) is 10.00 Å². The topological polar surface area (TPSA) is 21.1 Å². The van der Waals surface area contributed by atoms with Gasteiger partial charge >= 0.3 is 0 Å². The second-order valence-electron chi connectivity index (χ2n) is 3.74. The monoisotopic (exact) mass is 245 g/mol. The number of aromatic nitrogens is 2. The number of alkyl halides is 1. The van der Waals surface area contributed by atoms with Crippen LogP contribution >= 0.6 is 23.4 Å². The lowest BCUT2D eigenvalue weighted by atomic mass is 10.2. The molecule has 1 aromatic rings. The fourth-order valence-corrected chi connectivity index (χ4v) is 3.23. The van der Waals surface area contributed by atoms with Crippen molar-refractivity contribution in [1.82, 2.24) is 9.78 Å². The molecule has 0 spiro atoms. The molecule has 0 atom stereocenters. The van der Waals surface area contributed by atoms with E-state index in [0.29, 0.717) is 5.88 Å². The van der Waals surface area contributed by atoms with Gasteiger partial charge in [0.2, 0.25) is 0 Å². The van der Waals surface area contributed by atoms with Crippen LogP contribution in [0.2, 0.25) is 0 Å². The molecule has 0 N–H and O–H groups in total. The molecule has 15 heavy (non-hydrogen) atoms. The Bertz CT molecular complexity index is 345. The van der Waals surface area contributed by atoms with Crippen molar-refractivity contribution in [1.29, 1.82) is 0 Å². The number of hydrogen-bond donors (Lipinski definition) is 0. The van der Waals surface area contributed by atoms with Crippen molar-refractivity contribution in [3.63, 3.8) is 0 Å². The van der Waals surface area contributed by atoms with Crippen molar-refractivity contribution >= 4 is 29.2 Å². The van der Waals surface area contributed by atoms with Crippen molar-refractivity contribution in [2.45, 2.75) is 12.8 Å². The summed E-state index contributed by atoms with van der Waals surface area (Å²) in [5.74, 6) is 4.17. The Hall–Kier alpha value is -0.350. The van der Waals surface area contributed by atoms with Crippen LogP contribution in [-0.2, 0) is 12.9 Å². The molecule has 5 heteroatoms. The molecule has 1 saturated heterocycles. The quantitative estimate of drug-likeness (QED) is 0.744. The summed E-state index contributed by atoms with van der Waals surface area (Å²) in [6.45, 7) is 4.24. The molecule has 1 aliphatic heterocycles. The summed E-state index contributed by atoms with van der Waals surface area (Å²) in [5, 5.41) is 4.44. The molecule has 0 bridgehead atoms. The molecule has 1 fully saturated rings. The molecule has 1 aromatic heterocycles. The predicted molar refractivity (Wildman–Crippen MR) is 67.0 cm³/mol. The van der Waals surface area contributed by atoms with Crippen LogP contribution in [-0.4, -0.2) is 34.4 Å². The van der Waals surface area contributed by atoms with Crippen LogP contribution in [0, 0.1) is 6.92 Å². The van der Waals surface area contributed by atoms with Crippen LogP contribution < -0.4 is 4.90 Å². The van der Waals surface area contributed by atoms with Crippen molar-refractivity contribution in [3.8, 4) is 0 Å². The highest BCUT2D eigenvalue weighted by molar-refractivity contribution is 7.99. The van der Waals surface area contributed by atoms with Gasteiger partial charge in [-0.05, 0) is 6.92 Å². The van der Waals surface area contributed by atoms with Gasteiger partial charge < -0.3 is 4.90 Å². The van der Waals surface area contributed by atoms with Gasteiger partial charge in [0.15, 0.2) is 0 Å². The Kier molecular flexibility index (Phi) is 3.46. The number of halogens is 1. The summed E-state index contributed by atoms with van der Waals surface area (Å²) in [7, 11) is 2.00. The first-order valence-electron chi connectivity index (χ1n) is 5.15. The third kappa shape index (κ3) is 2.11. The highest BCUT2D eigenvalue weighted by atomic mass is 35.5. The van der Waals surface area contributed by atoms with Gasteiger partial charge in [-0.3, -0.25) is 4.68 Å². The highest BCUT2D eigenvalue weighted by Gasteiger charge is 2.20. The standard InChI is InChI=1S/C10H16ClN3S/c1-8-9(7-11)10(13(2)12-8)14-3-5-15-6-4-14/h3-7H2,1-2H3. The normalized spacial score (nSPS) is 17.1. The van der Waals surface area contributed by atoms with Gasteiger partial charge in [-0.15, -0.1) is 11.6 Å². The van der Waals surface area contributed by atoms with Gasteiger partial charge in [0, 0.05) is 37.2 Å². The Morgan fingerprint density at radius 3 is 2.67 bits per heavy atom. The Labute approximate surface area is 99.8 Å². The third-order valence-corrected chi connectivity index (χ3v) is 3.97. The zero-order valence-electron chi connectivity index (χ0n) is 9.16. The number of thioether (sulfide) groups is 1. The molecule has 0 aromatic carbocycles. The van der Waals surface area contributed by atoms with E-state index in [-0.39, 0.29) is 0 Å². The lowest BCUT2D eigenvalue weighted by molar-refractivity contribution is 0.713. The van der Waals surface area contributed by atoms with Gasteiger partial charge in [-0.2, -0.15) is 16.9 Å². The first-order valence-corrected chi connectivity index (χ1v) is 6.84. The number of aryl methyl sites for hydroxylation is 2. The largest absolute Gasteiger partial charge is 0.355 e. The maximum atomic E-state index is 5.98. The van der Waals surface area contributed by atoms with E-state index in [9.17, 15) is 0 Å². The van der Waals surface area contributed by atoms with Gasteiger partial charge in [-0.25, -0.2) is 0 Å². The zero-order valence-corrected chi connectivity index (χ0v) is 10.7. The Balaban J connectivity index is 2.32. The van der Waals surface area contributed by atoms with E-state index < -0.39 is 0 Å². The molecule has 3 nitrogen and oxygen atoms in total. The lowest BCUT2D eigenvalue weighted by Crippen LogP contribution is -2.34. The molecule has 2 heterocycles. The number of hydrogen-bond acceptors (Lipinski definition) is 3. The maximum absolute atomic E-state index is 5.98. The van der Waals surface area contributed by atoms with Gasteiger partial charge in [0.1, 0.15) is 5.82 Å². The molecule has 0 saturated carbocycles. The summed E-state index contributed by atoms with van der Waals surface area (Å²) in [6.07, 6.45) is 0. The summed E-state index contributed by atoms with van der Waals surface area (Å²) in [6, 6.07) is 0. The smallest absolute Gasteiger partial charge is 0.131 e. The summed E-state index contributed by atoms with van der Waals surface area (Å²) in [5.41, 5.74) is 2.24. The van der Waals surface area contributed by atoms with Crippen LogP contribution in [0.3, 0.4) is 0 Å². The lowest BCUT2D eigenvalue weighted by Gasteiger charge is -2.29. The summed E-state index contributed by atoms with van der Waals surface area (Å²) in [4.78, 5) is 2.40. The second kappa shape index (κ2) is 4.66. The van der Waals surface area contributed by atoms with E-state index in [1.807, 2.05) is 30.4 Å². The van der Waals surface area contributed by atoms with Gasteiger partial charge in [0.05, 0.1) is 11.6 Å². The second-order valence-corrected chi connectivity index (χ2v) is 5.24. The van der Waals surface area contributed by atoms with Crippen molar-refractivity contribution in [2.75, 3.05) is 29.5 Å². The minimum Gasteiger partial charge on any atom is -0.355 e. The molecule has 0 unspecified atom stereocenters. The van der Waals surface area contributed by atoms with E-state index in [1.54, 1.807) is 0 Å². The Morgan fingerprint density at radius 1 is 1.40 bits per heavy atom. The minimum atomic E-state index is 0.554. The molecule has 0 radical (unpaired) electrons. The first-order chi connectivity index (χ1) is 7.24. The van der Waals surface area contributed by atoms with Crippen LogP contribution in [0.4, 0.5) is 5.82 Å². The van der Waals surface area contributed by atoms with Crippen LogP contribution in [0.1, 0.15) is 11.3 Å². The predicted octanol–water partition coefficient (Wildman–Crippen LogP) is 2.02. The first kappa shape index (κ1) is 11.1. The Morgan fingerprint density at radius 2 is 2.07 bits per heavy atom. The molecule has 1 aliphatic rings. The fourth-order valence-electron chi connectivity index (χ4n) is 2.02. The average Bonchev–Trinajstić information content (AvgIpc) is 2.54. The van der Waals surface area contributed by atoms with E-state index in [4.69, 9.17) is 11.6 Å². The average molecular weight is 246 g/mol. The zero-order chi connectivity index (χ0) is 10.8. The summed E-state index contributed by atoms with van der Waals surface area (Å²) >= 11 is 8.00. The van der Waals surface area contributed by atoms with E-state index in [0.717, 1.165) is 18.8 Å². The SMILES string of the molecule is Cc1nn(C)c(N2CCSCC2)c1CCl. The molecule has 2 rings (SSSR count). The maximum Gasteiger partial charge on any atom is 0.131 e. The molecule has 84 valence electrons. The van der Waals surface area contributed by atoms with Crippen LogP contribution in [0.15, 0.2) is 0 Å². The van der Waals surface area contributed by atoms with Crippen LogP contribution in [0.5, 0.6) is 0 Å². The fraction of sp³-hybridized carbons (Fsp3) is 0.700. The van der Waals surface area contributed by atoms with Crippen molar-refractivity contribution in [3.05, 3.63) is 11.3 Å². The number of nitrogens with zero attached hydrogens (tertiary/aromatic N) is 3. The third-order valence-electron chi connectivity index (χ3n) is 2.76. The number of anilines is 1. The molecule has 0 aliphatic carbocycles. The van der Waals surface area contributed by atoms with Gasteiger partial charge in [0.25, 0.3) is 0 Å². The highest BCUT2D eigenvalue weighted by Crippen LogP contribution is 2.26. The van der Waals surface area contributed by atoms with Crippen LogP contribution in [0.25, 0.3) is 0 Å². The van der Waals surface area contributed by atoms with E-state index >= 15 is 0 Å². The summed E-state index contributed by atoms with van der Waals surface area (Å²) < 4.78 is 1.96. The minimum absolute atomic E-state index is 0.554. The van der Waals surface area contributed by atoms with E-state index in [1.165, 1.54) is 22.9 Å². The molecule has 0 amide bonds. The molecular weight excluding hydrogens is 230 g/mol.